The van der Waals surface area contributed by atoms with E-state index in [0.29, 0.717) is 12.0 Å². The first-order valence-electron chi connectivity index (χ1n) is 6.51. The fourth-order valence-electron chi connectivity index (χ4n) is 2.08. The third kappa shape index (κ3) is 3.70. The van der Waals surface area contributed by atoms with Crippen molar-refractivity contribution >= 4 is 15.8 Å². The quantitative estimate of drug-likeness (QED) is 0.922. The van der Waals surface area contributed by atoms with E-state index in [9.17, 15) is 13.2 Å². The van der Waals surface area contributed by atoms with Crippen LogP contribution in [0.5, 0.6) is 0 Å². The van der Waals surface area contributed by atoms with Crippen LogP contribution >= 0.6 is 0 Å². The van der Waals surface area contributed by atoms with Crippen molar-refractivity contribution in [2.75, 3.05) is 5.75 Å². The summed E-state index contributed by atoms with van der Waals surface area (Å²) < 4.78 is 24.8. The molecule has 0 aromatic heterocycles. The van der Waals surface area contributed by atoms with Gasteiger partial charge in [-0.05, 0) is 36.6 Å². The number of rotatable bonds is 5. The van der Waals surface area contributed by atoms with Gasteiger partial charge in [-0.3, -0.25) is 0 Å². The summed E-state index contributed by atoms with van der Waals surface area (Å²) in [5.74, 6) is -1.17. The number of sulfone groups is 1. The molecular weight excluding hydrogens is 288 g/mol. The van der Waals surface area contributed by atoms with Crippen molar-refractivity contribution in [2.45, 2.75) is 18.2 Å². The second kappa shape index (κ2) is 6.10. The predicted octanol–water partition coefficient (Wildman–Crippen LogP) is 2.71. The molecule has 110 valence electrons. The number of aryl methyl sites for hydroxylation is 2. The number of carboxylic acids is 1. The molecule has 5 heteroatoms. The molecule has 4 nitrogen and oxygen atoms in total. The molecule has 0 spiro atoms. The maximum absolute atomic E-state index is 12.4. The highest BCUT2D eigenvalue weighted by Gasteiger charge is 2.19. The van der Waals surface area contributed by atoms with Crippen LogP contribution in [0.2, 0.25) is 0 Å². The largest absolute Gasteiger partial charge is 0.478 e. The highest BCUT2D eigenvalue weighted by atomic mass is 32.2. The van der Waals surface area contributed by atoms with Crippen LogP contribution in [0.1, 0.15) is 21.5 Å². The van der Waals surface area contributed by atoms with E-state index in [2.05, 4.69) is 0 Å². The Hall–Kier alpha value is -2.14. The van der Waals surface area contributed by atoms with E-state index in [1.807, 2.05) is 30.3 Å². The van der Waals surface area contributed by atoms with Crippen molar-refractivity contribution < 1.29 is 18.3 Å². The fraction of sp³-hybridized carbons (Fsp3) is 0.188. The summed E-state index contributed by atoms with van der Waals surface area (Å²) in [4.78, 5) is 11.1. The molecule has 0 radical (unpaired) electrons. The molecule has 2 aromatic rings. The van der Waals surface area contributed by atoms with Crippen molar-refractivity contribution in [2.24, 2.45) is 0 Å². The van der Waals surface area contributed by atoms with Gasteiger partial charge in [0.15, 0.2) is 9.84 Å². The molecule has 0 fully saturated rings. The molecule has 0 amide bonds. The van der Waals surface area contributed by atoms with E-state index in [1.165, 1.54) is 18.2 Å². The van der Waals surface area contributed by atoms with E-state index in [4.69, 9.17) is 5.11 Å². The zero-order valence-corrected chi connectivity index (χ0v) is 12.4. The van der Waals surface area contributed by atoms with Crippen molar-refractivity contribution in [3.05, 3.63) is 65.2 Å². The average Bonchev–Trinajstić information content (AvgIpc) is 2.46. The Kier molecular flexibility index (Phi) is 4.43. The SMILES string of the molecule is Cc1ccc(C(=O)O)cc1S(=O)(=O)CCc1ccccc1. The number of carbonyl (C=O) groups is 1. The molecule has 0 aliphatic heterocycles. The minimum atomic E-state index is -3.51. The molecule has 2 rings (SSSR count). The van der Waals surface area contributed by atoms with E-state index >= 15 is 0 Å². The summed E-state index contributed by atoms with van der Waals surface area (Å²) >= 11 is 0. The van der Waals surface area contributed by atoms with Gasteiger partial charge in [0.2, 0.25) is 0 Å². The first kappa shape index (κ1) is 15.3. The Balaban J connectivity index is 2.27. The van der Waals surface area contributed by atoms with Gasteiger partial charge >= 0.3 is 5.97 Å². The zero-order chi connectivity index (χ0) is 15.5. The lowest BCUT2D eigenvalue weighted by Gasteiger charge is -2.09. The molecule has 0 aliphatic carbocycles. The van der Waals surface area contributed by atoms with Crippen LogP contribution < -0.4 is 0 Å². The van der Waals surface area contributed by atoms with E-state index in [-0.39, 0.29) is 16.2 Å². The Bertz CT molecular complexity index is 749. The summed E-state index contributed by atoms with van der Waals surface area (Å²) in [6.45, 7) is 1.67. The topological polar surface area (TPSA) is 71.4 Å². The minimum Gasteiger partial charge on any atom is -0.478 e. The standard InChI is InChI=1S/C16H16O4S/c1-12-7-8-14(16(17)18)11-15(12)21(19,20)10-9-13-5-3-2-4-6-13/h2-8,11H,9-10H2,1H3,(H,17,18). The van der Waals surface area contributed by atoms with Crippen molar-refractivity contribution in [3.63, 3.8) is 0 Å². The molecule has 0 saturated heterocycles. The summed E-state index contributed by atoms with van der Waals surface area (Å²) in [5.41, 5.74) is 1.49. The van der Waals surface area contributed by atoms with E-state index in [1.54, 1.807) is 6.92 Å². The van der Waals surface area contributed by atoms with Crippen LogP contribution in [0, 0.1) is 6.92 Å². The normalized spacial score (nSPS) is 11.3. The van der Waals surface area contributed by atoms with Crippen molar-refractivity contribution in [3.8, 4) is 0 Å². The lowest BCUT2D eigenvalue weighted by atomic mass is 10.1. The summed E-state index contributed by atoms with van der Waals surface area (Å²) in [7, 11) is -3.51. The second-order valence-corrected chi connectivity index (χ2v) is 6.92. The van der Waals surface area contributed by atoms with Gasteiger partial charge in [0, 0.05) is 0 Å². The Morgan fingerprint density at radius 2 is 1.76 bits per heavy atom. The predicted molar refractivity (Wildman–Crippen MR) is 80.3 cm³/mol. The Morgan fingerprint density at radius 1 is 1.10 bits per heavy atom. The summed E-state index contributed by atoms with van der Waals surface area (Å²) in [6, 6.07) is 13.5. The van der Waals surface area contributed by atoms with Crippen molar-refractivity contribution in [1.29, 1.82) is 0 Å². The molecule has 0 bridgehead atoms. The fourth-order valence-corrected chi connectivity index (χ4v) is 3.66. The molecule has 21 heavy (non-hydrogen) atoms. The lowest BCUT2D eigenvalue weighted by molar-refractivity contribution is 0.0696. The van der Waals surface area contributed by atoms with Gasteiger partial charge in [0.1, 0.15) is 0 Å². The maximum atomic E-state index is 12.4. The summed E-state index contributed by atoms with van der Waals surface area (Å²) in [5, 5.41) is 8.98. The van der Waals surface area contributed by atoms with Crippen LogP contribution in [0.3, 0.4) is 0 Å². The third-order valence-electron chi connectivity index (χ3n) is 3.27. The van der Waals surface area contributed by atoms with Gasteiger partial charge in [-0.1, -0.05) is 36.4 Å². The number of hydrogen-bond donors (Lipinski definition) is 1. The average molecular weight is 304 g/mol. The van der Waals surface area contributed by atoms with Gasteiger partial charge in [-0.15, -0.1) is 0 Å². The van der Waals surface area contributed by atoms with Gasteiger partial charge in [0.25, 0.3) is 0 Å². The Morgan fingerprint density at radius 3 is 2.38 bits per heavy atom. The molecule has 0 unspecified atom stereocenters. The number of hydrogen-bond acceptors (Lipinski definition) is 3. The summed E-state index contributed by atoms with van der Waals surface area (Å²) in [6.07, 6.45) is 0.403. The molecule has 0 aliphatic rings. The van der Waals surface area contributed by atoms with Gasteiger partial charge in [-0.2, -0.15) is 0 Å². The molecule has 0 atom stereocenters. The van der Waals surface area contributed by atoms with E-state index in [0.717, 1.165) is 5.56 Å². The lowest BCUT2D eigenvalue weighted by Crippen LogP contribution is -2.12. The van der Waals surface area contributed by atoms with Gasteiger partial charge in [-0.25, -0.2) is 13.2 Å². The second-order valence-electron chi connectivity index (χ2n) is 4.84. The highest BCUT2D eigenvalue weighted by molar-refractivity contribution is 7.91. The van der Waals surface area contributed by atoms with Crippen molar-refractivity contribution in [1.82, 2.24) is 0 Å². The van der Waals surface area contributed by atoms with E-state index < -0.39 is 15.8 Å². The molecule has 2 aromatic carbocycles. The monoisotopic (exact) mass is 304 g/mol. The van der Waals surface area contributed by atoms with Crippen LogP contribution in [-0.4, -0.2) is 25.2 Å². The smallest absolute Gasteiger partial charge is 0.335 e. The number of aromatic carboxylic acids is 1. The minimum absolute atomic E-state index is 0.0149. The number of benzene rings is 2. The maximum Gasteiger partial charge on any atom is 0.335 e. The third-order valence-corrected chi connectivity index (χ3v) is 5.12. The molecule has 0 heterocycles. The highest BCUT2D eigenvalue weighted by Crippen LogP contribution is 2.19. The Labute approximate surface area is 124 Å². The van der Waals surface area contributed by atoms with Gasteiger partial charge < -0.3 is 5.11 Å². The molecule has 1 N–H and O–H groups in total. The zero-order valence-electron chi connectivity index (χ0n) is 11.6. The van der Waals surface area contributed by atoms with Gasteiger partial charge in [0.05, 0.1) is 16.2 Å². The van der Waals surface area contributed by atoms with Crippen LogP contribution in [-0.2, 0) is 16.3 Å². The van der Waals surface area contributed by atoms with Crippen LogP contribution in [0.15, 0.2) is 53.4 Å². The number of carboxylic acid groups (broad SMARTS) is 1. The molecular formula is C16H16O4S. The molecule has 0 saturated carbocycles. The first-order valence-corrected chi connectivity index (χ1v) is 8.16. The van der Waals surface area contributed by atoms with Crippen LogP contribution in [0.25, 0.3) is 0 Å². The first-order chi connectivity index (χ1) is 9.90. The van der Waals surface area contributed by atoms with Crippen LogP contribution in [0.4, 0.5) is 0 Å².